The fourth-order valence-corrected chi connectivity index (χ4v) is 3.12. The Kier molecular flexibility index (Phi) is 5.44. The van der Waals surface area contributed by atoms with Gasteiger partial charge in [-0.25, -0.2) is 8.42 Å². The van der Waals surface area contributed by atoms with Crippen LogP contribution in [0.25, 0.3) is 0 Å². The first-order chi connectivity index (χ1) is 11.2. The molecular weight excluding hydrogens is 322 g/mol. The number of benzene rings is 2. The van der Waals surface area contributed by atoms with Crippen LogP contribution in [-0.2, 0) is 9.84 Å². The maximum absolute atomic E-state index is 12.5. The van der Waals surface area contributed by atoms with Crippen LogP contribution in [0.3, 0.4) is 0 Å². The molecule has 0 unspecified atom stereocenters. The maximum atomic E-state index is 12.5. The van der Waals surface area contributed by atoms with Gasteiger partial charge in [0.25, 0.3) is 5.91 Å². The SMILES string of the molecule is CC[C@@H](NC(=O)c1ccc(C)c(C)c1)c1ccc(S(C)(=O)=O)cc1. The van der Waals surface area contributed by atoms with Gasteiger partial charge in [0.2, 0.25) is 0 Å². The van der Waals surface area contributed by atoms with E-state index in [9.17, 15) is 13.2 Å². The molecule has 0 fully saturated rings. The molecular formula is C19H23NO3S. The lowest BCUT2D eigenvalue weighted by molar-refractivity contribution is 0.0935. The van der Waals surface area contributed by atoms with Crippen molar-refractivity contribution in [3.8, 4) is 0 Å². The molecule has 0 bridgehead atoms. The zero-order valence-electron chi connectivity index (χ0n) is 14.5. The summed E-state index contributed by atoms with van der Waals surface area (Å²) in [5, 5.41) is 3.02. The van der Waals surface area contributed by atoms with Gasteiger partial charge in [-0.3, -0.25) is 4.79 Å². The van der Waals surface area contributed by atoms with Gasteiger partial charge in [-0.15, -0.1) is 0 Å². The molecule has 1 N–H and O–H groups in total. The minimum absolute atomic E-state index is 0.128. The molecule has 128 valence electrons. The van der Waals surface area contributed by atoms with Crippen molar-refractivity contribution in [2.75, 3.05) is 6.26 Å². The van der Waals surface area contributed by atoms with Gasteiger partial charge in [-0.1, -0.05) is 25.1 Å². The van der Waals surface area contributed by atoms with Crippen molar-refractivity contribution >= 4 is 15.7 Å². The molecule has 0 aliphatic heterocycles. The molecule has 5 heteroatoms. The standard InChI is InChI=1S/C19H23NO3S/c1-5-18(15-8-10-17(11-9-15)24(4,22)23)20-19(21)16-7-6-13(2)14(3)12-16/h6-12,18H,5H2,1-4H3,(H,20,21)/t18-/m1/s1. The van der Waals surface area contributed by atoms with E-state index in [-0.39, 0.29) is 16.8 Å². The Balaban J connectivity index is 2.19. The van der Waals surface area contributed by atoms with Crippen LogP contribution >= 0.6 is 0 Å². The Hall–Kier alpha value is -2.14. The van der Waals surface area contributed by atoms with Gasteiger partial charge < -0.3 is 5.32 Å². The van der Waals surface area contributed by atoms with E-state index in [0.717, 1.165) is 23.1 Å². The molecule has 0 saturated heterocycles. The second-order valence-corrected chi connectivity index (χ2v) is 8.09. The van der Waals surface area contributed by atoms with Crippen LogP contribution in [0.4, 0.5) is 0 Å². The molecule has 0 spiro atoms. The summed E-state index contributed by atoms with van der Waals surface area (Å²) in [6, 6.07) is 12.1. The van der Waals surface area contributed by atoms with Gasteiger partial charge in [-0.05, 0) is 61.2 Å². The highest BCUT2D eigenvalue weighted by Gasteiger charge is 2.15. The van der Waals surface area contributed by atoms with Crippen molar-refractivity contribution in [2.24, 2.45) is 0 Å². The second-order valence-electron chi connectivity index (χ2n) is 6.07. The Morgan fingerprint density at radius 1 is 1.04 bits per heavy atom. The minimum atomic E-state index is -3.21. The molecule has 0 heterocycles. The monoisotopic (exact) mass is 345 g/mol. The Bertz CT molecular complexity index is 839. The quantitative estimate of drug-likeness (QED) is 0.901. The highest BCUT2D eigenvalue weighted by atomic mass is 32.2. The van der Waals surface area contributed by atoms with E-state index in [1.807, 2.05) is 39.0 Å². The average molecular weight is 345 g/mol. The van der Waals surface area contributed by atoms with Gasteiger partial charge in [0.05, 0.1) is 10.9 Å². The highest BCUT2D eigenvalue weighted by Crippen LogP contribution is 2.20. The first-order valence-electron chi connectivity index (χ1n) is 7.90. The van der Waals surface area contributed by atoms with Crippen molar-refractivity contribution in [2.45, 2.75) is 38.1 Å². The Labute approximate surface area is 143 Å². The molecule has 0 aliphatic carbocycles. The van der Waals surface area contributed by atoms with E-state index in [1.54, 1.807) is 24.3 Å². The Morgan fingerprint density at radius 3 is 2.17 bits per heavy atom. The second kappa shape index (κ2) is 7.18. The van der Waals surface area contributed by atoms with E-state index in [4.69, 9.17) is 0 Å². The van der Waals surface area contributed by atoms with Crippen molar-refractivity contribution in [1.82, 2.24) is 5.32 Å². The van der Waals surface area contributed by atoms with Gasteiger partial charge in [0.1, 0.15) is 0 Å². The van der Waals surface area contributed by atoms with Crippen LogP contribution in [0.5, 0.6) is 0 Å². The van der Waals surface area contributed by atoms with E-state index >= 15 is 0 Å². The summed E-state index contributed by atoms with van der Waals surface area (Å²) in [5.74, 6) is -0.128. The molecule has 1 atom stereocenters. The average Bonchev–Trinajstić information content (AvgIpc) is 2.54. The highest BCUT2D eigenvalue weighted by molar-refractivity contribution is 7.90. The number of nitrogens with one attached hydrogen (secondary N) is 1. The summed E-state index contributed by atoms with van der Waals surface area (Å²) in [5.41, 5.74) is 3.74. The van der Waals surface area contributed by atoms with Gasteiger partial charge in [0.15, 0.2) is 9.84 Å². The van der Waals surface area contributed by atoms with Gasteiger partial charge in [0, 0.05) is 11.8 Å². The normalized spacial score (nSPS) is 12.7. The number of amides is 1. The fourth-order valence-electron chi connectivity index (χ4n) is 2.49. The summed E-state index contributed by atoms with van der Waals surface area (Å²) in [7, 11) is -3.21. The third kappa shape index (κ3) is 4.23. The molecule has 2 aromatic rings. The number of hydrogen-bond acceptors (Lipinski definition) is 3. The van der Waals surface area contributed by atoms with Crippen LogP contribution < -0.4 is 5.32 Å². The third-order valence-corrected chi connectivity index (χ3v) is 5.32. The Morgan fingerprint density at radius 2 is 1.67 bits per heavy atom. The number of hydrogen-bond donors (Lipinski definition) is 1. The number of rotatable bonds is 5. The summed E-state index contributed by atoms with van der Waals surface area (Å²) in [6.45, 7) is 5.97. The third-order valence-electron chi connectivity index (χ3n) is 4.19. The van der Waals surface area contributed by atoms with Crippen LogP contribution in [0.2, 0.25) is 0 Å². The lowest BCUT2D eigenvalue weighted by Gasteiger charge is -2.18. The first-order valence-corrected chi connectivity index (χ1v) is 9.79. The maximum Gasteiger partial charge on any atom is 0.251 e. The number of aryl methyl sites for hydroxylation is 2. The molecule has 0 aliphatic rings. The zero-order valence-corrected chi connectivity index (χ0v) is 15.3. The van der Waals surface area contributed by atoms with Crippen molar-refractivity contribution in [3.63, 3.8) is 0 Å². The fraction of sp³-hybridized carbons (Fsp3) is 0.316. The molecule has 2 aromatic carbocycles. The van der Waals surface area contributed by atoms with Crippen LogP contribution in [0, 0.1) is 13.8 Å². The van der Waals surface area contributed by atoms with E-state index in [1.165, 1.54) is 6.26 Å². The predicted molar refractivity (Wildman–Crippen MR) is 96.0 cm³/mol. The summed E-state index contributed by atoms with van der Waals surface area (Å²) >= 11 is 0. The smallest absolute Gasteiger partial charge is 0.251 e. The zero-order chi connectivity index (χ0) is 17.9. The van der Waals surface area contributed by atoms with E-state index in [0.29, 0.717) is 5.56 Å². The van der Waals surface area contributed by atoms with E-state index < -0.39 is 9.84 Å². The topological polar surface area (TPSA) is 63.2 Å². The molecule has 1 amide bonds. The van der Waals surface area contributed by atoms with Crippen molar-refractivity contribution in [1.29, 1.82) is 0 Å². The van der Waals surface area contributed by atoms with Crippen LogP contribution in [0.1, 0.15) is 46.4 Å². The minimum Gasteiger partial charge on any atom is -0.345 e. The van der Waals surface area contributed by atoms with Crippen LogP contribution in [-0.4, -0.2) is 20.6 Å². The number of carbonyl (C=O) groups is 1. The number of sulfone groups is 1. The molecule has 2 rings (SSSR count). The molecule has 0 radical (unpaired) electrons. The molecule has 0 aromatic heterocycles. The van der Waals surface area contributed by atoms with Crippen molar-refractivity contribution in [3.05, 3.63) is 64.7 Å². The molecule has 24 heavy (non-hydrogen) atoms. The van der Waals surface area contributed by atoms with Crippen molar-refractivity contribution < 1.29 is 13.2 Å². The largest absolute Gasteiger partial charge is 0.345 e. The summed E-state index contributed by atoms with van der Waals surface area (Å²) in [4.78, 5) is 12.7. The van der Waals surface area contributed by atoms with Gasteiger partial charge in [-0.2, -0.15) is 0 Å². The summed E-state index contributed by atoms with van der Waals surface area (Å²) in [6.07, 6.45) is 1.90. The predicted octanol–water partition coefficient (Wildman–Crippen LogP) is 3.59. The lowest BCUT2D eigenvalue weighted by Crippen LogP contribution is -2.28. The lowest BCUT2D eigenvalue weighted by atomic mass is 10.0. The molecule has 4 nitrogen and oxygen atoms in total. The van der Waals surface area contributed by atoms with E-state index in [2.05, 4.69) is 5.32 Å². The molecule has 0 saturated carbocycles. The van der Waals surface area contributed by atoms with Gasteiger partial charge >= 0.3 is 0 Å². The summed E-state index contributed by atoms with van der Waals surface area (Å²) < 4.78 is 23.1. The van der Waals surface area contributed by atoms with Crippen LogP contribution in [0.15, 0.2) is 47.4 Å². The first kappa shape index (κ1) is 18.2. The number of carbonyl (C=O) groups excluding carboxylic acids is 1.